The lowest BCUT2D eigenvalue weighted by atomic mass is 10.1. The number of anilines is 1. The lowest BCUT2D eigenvalue weighted by Crippen LogP contribution is -1.99. The maximum absolute atomic E-state index is 8.89. The Morgan fingerprint density at radius 3 is 2.58 bits per heavy atom. The number of nitrogens with zero attached hydrogens (tertiary/aromatic N) is 3. The van der Waals surface area contributed by atoms with Crippen LogP contribution in [0.5, 0.6) is 11.5 Å². The average Bonchev–Trinajstić information content (AvgIpc) is 2.45. The van der Waals surface area contributed by atoms with Crippen molar-refractivity contribution in [2.45, 2.75) is 0 Å². The summed E-state index contributed by atoms with van der Waals surface area (Å²) in [5.41, 5.74) is 6.51. The van der Waals surface area contributed by atoms with E-state index in [2.05, 4.69) is 9.97 Å². The lowest BCUT2D eigenvalue weighted by molar-refractivity contribution is 0.395. The molecule has 0 aliphatic heterocycles. The second-order valence-electron chi connectivity index (χ2n) is 3.68. The van der Waals surface area contributed by atoms with Crippen LogP contribution >= 0.6 is 0 Å². The Morgan fingerprint density at radius 2 is 1.95 bits per heavy atom. The highest BCUT2D eigenvalue weighted by Gasteiger charge is 2.12. The molecule has 1 aromatic heterocycles. The number of ether oxygens (including phenoxy) is 2. The molecule has 0 saturated heterocycles. The molecule has 19 heavy (non-hydrogen) atoms. The molecule has 6 heteroatoms. The monoisotopic (exact) mass is 256 g/mol. The summed E-state index contributed by atoms with van der Waals surface area (Å²) in [7, 11) is 3.11. The molecule has 2 aromatic rings. The van der Waals surface area contributed by atoms with Crippen LogP contribution in [-0.4, -0.2) is 24.2 Å². The van der Waals surface area contributed by atoms with E-state index in [1.54, 1.807) is 25.3 Å². The third-order valence-electron chi connectivity index (χ3n) is 2.51. The molecule has 6 nitrogen and oxygen atoms in total. The second kappa shape index (κ2) is 5.23. The fraction of sp³-hybridized carbons (Fsp3) is 0.154. The van der Waals surface area contributed by atoms with E-state index in [9.17, 15) is 0 Å². The number of hydrogen-bond acceptors (Lipinski definition) is 6. The van der Waals surface area contributed by atoms with Gasteiger partial charge in [-0.05, 0) is 12.1 Å². The molecule has 1 heterocycles. The summed E-state index contributed by atoms with van der Waals surface area (Å²) >= 11 is 0. The van der Waals surface area contributed by atoms with E-state index in [0.717, 1.165) is 0 Å². The summed E-state index contributed by atoms with van der Waals surface area (Å²) in [5.74, 6) is 1.79. The highest BCUT2D eigenvalue weighted by molar-refractivity contribution is 5.67. The smallest absolute Gasteiger partial charge is 0.166 e. The number of hydrogen-bond donors (Lipinski definition) is 1. The minimum Gasteiger partial charge on any atom is -0.497 e. The molecule has 0 radical (unpaired) electrons. The largest absolute Gasteiger partial charge is 0.497 e. The zero-order chi connectivity index (χ0) is 13.8. The fourth-order valence-corrected chi connectivity index (χ4v) is 1.63. The van der Waals surface area contributed by atoms with Gasteiger partial charge in [0, 0.05) is 12.1 Å². The van der Waals surface area contributed by atoms with Crippen LogP contribution in [0, 0.1) is 11.3 Å². The van der Waals surface area contributed by atoms with Gasteiger partial charge >= 0.3 is 0 Å². The van der Waals surface area contributed by atoms with E-state index in [0.29, 0.717) is 22.9 Å². The van der Waals surface area contributed by atoms with Crippen LogP contribution in [0.15, 0.2) is 24.3 Å². The topological polar surface area (TPSA) is 94.1 Å². The normalized spacial score (nSPS) is 9.74. The van der Waals surface area contributed by atoms with Gasteiger partial charge in [0.1, 0.15) is 29.1 Å². The molecule has 0 aliphatic carbocycles. The molecule has 0 amide bonds. The first-order valence-electron chi connectivity index (χ1n) is 5.45. The first-order valence-corrected chi connectivity index (χ1v) is 5.45. The zero-order valence-corrected chi connectivity index (χ0v) is 10.5. The van der Waals surface area contributed by atoms with Crippen LogP contribution in [-0.2, 0) is 0 Å². The van der Waals surface area contributed by atoms with E-state index in [1.807, 2.05) is 6.07 Å². The number of nitrogen functional groups attached to an aromatic ring is 1. The van der Waals surface area contributed by atoms with Gasteiger partial charge in [-0.25, -0.2) is 9.97 Å². The van der Waals surface area contributed by atoms with Crippen molar-refractivity contribution in [1.82, 2.24) is 9.97 Å². The first kappa shape index (κ1) is 12.6. The third-order valence-corrected chi connectivity index (χ3v) is 2.51. The van der Waals surface area contributed by atoms with Crippen molar-refractivity contribution in [3.05, 3.63) is 30.0 Å². The lowest BCUT2D eigenvalue weighted by Gasteiger charge is -2.09. The van der Waals surface area contributed by atoms with E-state index in [4.69, 9.17) is 20.5 Å². The molecule has 96 valence electrons. The van der Waals surface area contributed by atoms with Crippen molar-refractivity contribution < 1.29 is 9.47 Å². The van der Waals surface area contributed by atoms with Crippen molar-refractivity contribution in [2.75, 3.05) is 20.0 Å². The zero-order valence-electron chi connectivity index (χ0n) is 10.5. The molecule has 1 aromatic carbocycles. The Bertz CT molecular complexity index is 650. The summed E-state index contributed by atoms with van der Waals surface area (Å²) in [5, 5.41) is 8.89. The van der Waals surface area contributed by atoms with Crippen LogP contribution in [0.25, 0.3) is 11.4 Å². The van der Waals surface area contributed by atoms with Crippen LogP contribution in [0.1, 0.15) is 5.69 Å². The highest BCUT2D eigenvalue weighted by atomic mass is 16.5. The predicted octanol–water partition coefficient (Wildman–Crippen LogP) is 1.61. The predicted molar refractivity (Wildman–Crippen MR) is 69.7 cm³/mol. The number of rotatable bonds is 3. The molecular formula is C13H12N4O2. The molecule has 0 fully saturated rings. The van der Waals surface area contributed by atoms with Crippen LogP contribution in [0.2, 0.25) is 0 Å². The van der Waals surface area contributed by atoms with Gasteiger partial charge < -0.3 is 15.2 Å². The molecule has 0 atom stereocenters. The van der Waals surface area contributed by atoms with Crippen LogP contribution in [0.3, 0.4) is 0 Å². The van der Waals surface area contributed by atoms with Crippen molar-refractivity contribution in [3.63, 3.8) is 0 Å². The van der Waals surface area contributed by atoms with E-state index in [-0.39, 0.29) is 11.5 Å². The average molecular weight is 256 g/mol. The third kappa shape index (κ3) is 2.55. The molecule has 0 unspecified atom stereocenters. The number of nitrogens with two attached hydrogens (primary N) is 1. The van der Waals surface area contributed by atoms with Gasteiger partial charge in [-0.2, -0.15) is 5.26 Å². The number of benzene rings is 1. The molecule has 0 aliphatic rings. The summed E-state index contributed by atoms with van der Waals surface area (Å²) in [6, 6.07) is 8.59. The first-order chi connectivity index (χ1) is 9.17. The minimum absolute atomic E-state index is 0.209. The van der Waals surface area contributed by atoms with Crippen molar-refractivity contribution >= 4 is 5.82 Å². The van der Waals surface area contributed by atoms with Gasteiger partial charge in [0.2, 0.25) is 0 Å². The van der Waals surface area contributed by atoms with Gasteiger partial charge in [-0.15, -0.1) is 0 Å². The summed E-state index contributed by atoms with van der Waals surface area (Å²) in [6.45, 7) is 0. The Labute approximate surface area is 110 Å². The maximum atomic E-state index is 8.89. The van der Waals surface area contributed by atoms with Gasteiger partial charge in [0.25, 0.3) is 0 Å². The summed E-state index contributed by atoms with van der Waals surface area (Å²) < 4.78 is 10.4. The molecular weight excluding hydrogens is 244 g/mol. The Balaban J connectivity index is 2.58. The summed E-state index contributed by atoms with van der Waals surface area (Å²) in [6.07, 6.45) is 0. The molecule has 2 rings (SSSR count). The number of aromatic nitrogens is 2. The molecule has 0 spiro atoms. The fourth-order valence-electron chi connectivity index (χ4n) is 1.63. The quantitative estimate of drug-likeness (QED) is 0.896. The van der Waals surface area contributed by atoms with Crippen LogP contribution < -0.4 is 15.2 Å². The highest BCUT2D eigenvalue weighted by Crippen LogP contribution is 2.31. The SMILES string of the molecule is COc1ccc(-c2nc(N)cc(C#N)n2)c(OC)c1. The Kier molecular flexibility index (Phi) is 3.48. The minimum atomic E-state index is 0.209. The molecule has 0 saturated carbocycles. The van der Waals surface area contributed by atoms with E-state index < -0.39 is 0 Å². The second-order valence-corrected chi connectivity index (χ2v) is 3.68. The standard InChI is InChI=1S/C13H12N4O2/c1-18-9-3-4-10(11(6-9)19-2)13-16-8(7-14)5-12(15)17-13/h3-6H,1-2H3,(H2,15,16,17). The molecule has 0 bridgehead atoms. The van der Waals surface area contributed by atoms with Crippen molar-refractivity contribution in [1.29, 1.82) is 5.26 Å². The van der Waals surface area contributed by atoms with Gasteiger partial charge in [0.15, 0.2) is 5.82 Å². The van der Waals surface area contributed by atoms with Gasteiger partial charge in [0.05, 0.1) is 19.8 Å². The van der Waals surface area contributed by atoms with E-state index in [1.165, 1.54) is 13.2 Å². The van der Waals surface area contributed by atoms with Crippen molar-refractivity contribution in [3.8, 4) is 29.0 Å². The summed E-state index contributed by atoms with van der Waals surface area (Å²) in [4.78, 5) is 8.22. The van der Waals surface area contributed by atoms with Gasteiger partial charge in [-0.3, -0.25) is 0 Å². The molecule has 2 N–H and O–H groups in total. The number of methoxy groups -OCH3 is 2. The Hall–Kier alpha value is -2.81. The van der Waals surface area contributed by atoms with Crippen molar-refractivity contribution in [2.24, 2.45) is 0 Å². The number of nitriles is 1. The van der Waals surface area contributed by atoms with Gasteiger partial charge in [-0.1, -0.05) is 0 Å². The Morgan fingerprint density at radius 1 is 1.16 bits per heavy atom. The van der Waals surface area contributed by atoms with E-state index >= 15 is 0 Å². The van der Waals surface area contributed by atoms with Crippen LogP contribution in [0.4, 0.5) is 5.82 Å². The maximum Gasteiger partial charge on any atom is 0.166 e.